The number of rotatable bonds is 2. The maximum Gasteiger partial charge on any atom is 0.127 e. The number of nitrogens with two attached hydrogens (primary N) is 1. The van der Waals surface area contributed by atoms with Crippen molar-refractivity contribution in [3.8, 4) is 0 Å². The largest absolute Gasteiger partial charge is 0.399 e. The lowest BCUT2D eigenvalue weighted by molar-refractivity contribution is 0.0209. The average Bonchev–Trinajstić information content (AvgIpc) is 2.88. The first-order valence-electron chi connectivity index (χ1n) is 6.85. The molecule has 2 N–H and O–H groups in total. The smallest absolute Gasteiger partial charge is 0.127 e. The molecule has 2 saturated heterocycles. The van der Waals surface area contributed by atoms with Crippen LogP contribution in [0.25, 0.3) is 0 Å². The number of anilines is 2. The molecule has 5 heteroatoms. The third kappa shape index (κ3) is 2.82. The normalized spacial score (nSPS) is 24.9. The maximum atomic E-state index is 13.4. The van der Waals surface area contributed by atoms with Crippen molar-refractivity contribution in [1.82, 2.24) is 4.90 Å². The summed E-state index contributed by atoms with van der Waals surface area (Å²) in [6.07, 6.45) is 1.12. The van der Waals surface area contributed by atoms with Gasteiger partial charge in [-0.15, -0.1) is 0 Å². The Morgan fingerprint density at radius 2 is 1.95 bits per heavy atom. The van der Waals surface area contributed by atoms with E-state index in [-0.39, 0.29) is 5.82 Å². The van der Waals surface area contributed by atoms with Crippen LogP contribution in [0.2, 0.25) is 0 Å². The molecule has 2 heterocycles. The Morgan fingerprint density at radius 3 is 2.68 bits per heavy atom. The number of nitrogen functional groups attached to an aromatic ring is 1. The van der Waals surface area contributed by atoms with Crippen molar-refractivity contribution in [3.63, 3.8) is 0 Å². The molecule has 1 atom stereocenters. The molecule has 4 nitrogen and oxygen atoms in total. The zero-order valence-electron chi connectivity index (χ0n) is 11.0. The summed E-state index contributed by atoms with van der Waals surface area (Å²) in [5.41, 5.74) is 7.10. The number of nitrogens with zero attached hydrogens (tertiary/aromatic N) is 2. The van der Waals surface area contributed by atoms with Gasteiger partial charge in [-0.25, -0.2) is 4.39 Å². The van der Waals surface area contributed by atoms with E-state index in [0.717, 1.165) is 51.5 Å². The molecule has 0 radical (unpaired) electrons. The third-order valence-corrected chi connectivity index (χ3v) is 4.00. The fourth-order valence-corrected chi connectivity index (χ4v) is 3.00. The Bertz CT molecular complexity index is 428. The van der Waals surface area contributed by atoms with E-state index < -0.39 is 0 Å². The highest BCUT2D eigenvalue weighted by Crippen LogP contribution is 2.26. The Morgan fingerprint density at radius 1 is 1.16 bits per heavy atom. The predicted octanol–water partition coefficient (Wildman–Crippen LogP) is 1.32. The molecule has 2 aliphatic rings. The summed E-state index contributed by atoms with van der Waals surface area (Å²) in [5.74, 6) is -0.259. The lowest BCUT2D eigenvalue weighted by Crippen LogP contribution is -2.44. The van der Waals surface area contributed by atoms with Gasteiger partial charge in [0.15, 0.2) is 0 Å². The van der Waals surface area contributed by atoms with Crippen molar-refractivity contribution < 1.29 is 9.13 Å². The van der Waals surface area contributed by atoms with Gasteiger partial charge in [0.05, 0.1) is 13.2 Å². The van der Waals surface area contributed by atoms with Gasteiger partial charge in [0.2, 0.25) is 0 Å². The topological polar surface area (TPSA) is 41.7 Å². The SMILES string of the molecule is Nc1cc(F)cc(N2CCC(N3CCOCC3)C2)c1. The second-order valence-corrected chi connectivity index (χ2v) is 5.28. The fourth-order valence-electron chi connectivity index (χ4n) is 3.00. The number of benzene rings is 1. The monoisotopic (exact) mass is 265 g/mol. The summed E-state index contributed by atoms with van der Waals surface area (Å²) in [6, 6.07) is 5.33. The van der Waals surface area contributed by atoms with Crippen LogP contribution >= 0.6 is 0 Å². The highest BCUT2D eigenvalue weighted by molar-refractivity contribution is 5.57. The molecule has 3 rings (SSSR count). The first kappa shape index (κ1) is 12.7. The minimum absolute atomic E-state index is 0.259. The van der Waals surface area contributed by atoms with Crippen LogP contribution in [0, 0.1) is 5.82 Å². The molecule has 2 fully saturated rings. The highest BCUT2D eigenvalue weighted by atomic mass is 19.1. The maximum absolute atomic E-state index is 13.4. The number of halogens is 1. The second-order valence-electron chi connectivity index (χ2n) is 5.28. The van der Waals surface area contributed by atoms with Crippen molar-refractivity contribution >= 4 is 11.4 Å². The van der Waals surface area contributed by atoms with Gasteiger partial charge >= 0.3 is 0 Å². The Balaban J connectivity index is 1.67. The lowest BCUT2D eigenvalue weighted by atomic mass is 10.2. The van der Waals surface area contributed by atoms with Crippen LogP contribution in [0.4, 0.5) is 15.8 Å². The van der Waals surface area contributed by atoms with E-state index in [0.29, 0.717) is 11.7 Å². The summed E-state index contributed by atoms with van der Waals surface area (Å²) in [4.78, 5) is 4.70. The quantitative estimate of drug-likeness (QED) is 0.819. The molecule has 1 aromatic rings. The van der Waals surface area contributed by atoms with Gasteiger partial charge in [0.1, 0.15) is 5.82 Å². The molecule has 1 aromatic carbocycles. The van der Waals surface area contributed by atoms with E-state index in [2.05, 4.69) is 9.80 Å². The number of ether oxygens (including phenoxy) is 1. The zero-order valence-corrected chi connectivity index (χ0v) is 11.0. The molecule has 0 bridgehead atoms. The standard InChI is InChI=1S/C14H20FN3O/c15-11-7-12(16)9-14(8-11)18-2-1-13(10-18)17-3-5-19-6-4-17/h7-9,13H,1-6,10,16H2. The molecular formula is C14H20FN3O. The van der Waals surface area contributed by atoms with Crippen LogP contribution in [0.3, 0.4) is 0 Å². The molecule has 0 saturated carbocycles. The first-order chi connectivity index (χ1) is 9.22. The van der Waals surface area contributed by atoms with Crippen molar-refractivity contribution in [3.05, 3.63) is 24.0 Å². The van der Waals surface area contributed by atoms with Gasteiger partial charge < -0.3 is 15.4 Å². The van der Waals surface area contributed by atoms with E-state index in [1.54, 1.807) is 6.07 Å². The van der Waals surface area contributed by atoms with E-state index in [4.69, 9.17) is 10.5 Å². The average molecular weight is 265 g/mol. The Kier molecular flexibility index (Phi) is 3.57. The number of morpholine rings is 1. The van der Waals surface area contributed by atoms with Gasteiger partial charge in [0.25, 0.3) is 0 Å². The lowest BCUT2D eigenvalue weighted by Gasteiger charge is -2.32. The number of hydrogen-bond donors (Lipinski definition) is 1. The first-order valence-corrected chi connectivity index (χ1v) is 6.85. The minimum Gasteiger partial charge on any atom is -0.399 e. The summed E-state index contributed by atoms with van der Waals surface area (Å²) >= 11 is 0. The van der Waals surface area contributed by atoms with Crippen LogP contribution in [0.15, 0.2) is 18.2 Å². The highest BCUT2D eigenvalue weighted by Gasteiger charge is 2.29. The van der Waals surface area contributed by atoms with Crippen LogP contribution in [0.1, 0.15) is 6.42 Å². The predicted molar refractivity (Wildman–Crippen MR) is 73.8 cm³/mol. The molecule has 0 aromatic heterocycles. The molecule has 0 aliphatic carbocycles. The van der Waals surface area contributed by atoms with Crippen LogP contribution < -0.4 is 10.6 Å². The fraction of sp³-hybridized carbons (Fsp3) is 0.571. The van der Waals surface area contributed by atoms with Gasteiger partial charge in [-0.1, -0.05) is 0 Å². The summed E-state index contributed by atoms with van der Waals surface area (Å²) in [5, 5.41) is 0. The molecule has 0 amide bonds. The van der Waals surface area contributed by atoms with Crippen molar-refractivity contribution in [2.45, 2.75) is 12.5 Å². The molecule has 1 unspecified atom stereocenters. The molecule has 104 valence electrons. The van der Waals surface area contributed by atoms with Gasteiger partial charge in [-0.2, -0.15) is 0 Å². The minimum atomic E-state index is -0.259. The van der Waals surface area contributed by atoms with E-state index in [1.165, 1.54) is 6.07 Å². The molecular weight excluding hydrogens is 245 g/mol. The molecule has 2 aliphatic heterocycles. The van der Waals surface area contributed by atoms with E-state index >= 15 is 0 Å². The van der Waals surface area contributed by atoms with Crippen LogP contribution in [-0.4, -0.2) is 50.3 Å². The zero-order chi connectivity index (χ0) is 13.2. The second kappa shape index (κ2) is 5.35. The van der Waals surface area contributed by atoms with Crippen molar-refractivity contribution in [2.24, 2.45) is 0 Å². The number of hydrogen-bond acceptors (Lipinski definition) is 4. The summed E-state index contributed by atoms with van der Waals surface area (Å²) in [7, 11) is 0. The van der Waals surface area contributed by atoms with Crippen molar-refractivity contribution in [2.75, 3.05) is 50.0 Å². The van der Waals surface area contributed by atoms with Crippen LogP contribution in [0.5, 0.6) is 0 Å². The Labute approximate surface area is 112 Å². The van der Waals surface area contributed by atoms with Crippen molar-refractivity contribution in [1.29, 1.82) is 0 Å². The summed E-state index contributed by atoms with van der Waals surface area (Å²) < 4.78 is 18.8. The summed E-state index contributed by atoms with van der Waals surface area (Å²) in [6.45, 7) is 5.56. The third-order valence-electron chi connectivity index (χ3n) is 4.00. The van der Waals surface area contributed by atoms with Crippen LogP contribution in [-0.2, 0) is 4.74 Å². The van der Waals surface area contributed by atoms with E-state index in [9.17, 15) is 4.39 Å². The van der Waals surface area contributed by atoms with Gasteiger partial charge in [-0.05, 0) is 24.6 Å². The Hall–Kier alpha value is -1.33. The molecule has 19 heavy (non-hydrogen) atoms. The van der Waals surface area contributed by atoms with Gasteiger partial charge in [-0.3, -0.25) is 4.90 Å². The molecule has 0 spiro atoms. The van der Waals surface area contributed by atoms with E-state index in [1.807, 2.05) is 6.07 Å². The van der Waals surface area contributed by atoms with Gasteiger partial charge in [0, 0.05) is 43.6 Å².